The summed E-state index contributed by atoms with van der Waals surface area (Å²) in [6.45, 7) is 3.04. The van der Waals surface area contributed by atoms with Crippen molar-refractivity contribution >= 4 is 16.5 Å². The first-order valence-corrected chi connectivity index (χ1v) is 4.31. The molecule has 0 aromatic rings. The average Bonchev–Trinajstić information content (AvgIpc) is 1.60. The van der Waals surface area contributed by atoms with Crippen LogP contribution in [-0.4, -0.2) is 31.3 Å². The van der Waals surface area contributed by atoms with Crippen LogP contribution in [0.15, 0.2) is 0 Å². The van der Waals surface area contributed by atoms with Crippen molar-refractivity contribution in [2.75, 3.05) is 6.61 Å². The molecule has 7 nitrogen and oxygen atoms in total. The van der Waals surface area contributed by atoms with Crippen LogP contribution < -0.4 is 59.1 Å². The van der Waals surface area contributed by atoms with Crippen LogP contribution in [0.1, 0.15) is 0 Å². The van der Waals surface area contributed by atoms with Crippen LogP contribution in [0.25, 0.3) is 0 Å². The zero-order valence-electron chi connectivity index (χ0n) is 7.36. The summed E-state index contributed by atoms with van der Waals surface area (Å²) in [5.41, 5.74) is 0. The van der Waals surface area contributed by atoms with Crippen LogP contribution in [0.4, 0.5) is 0 Å². The van der Waals surface area contributed by atoms with Crippen molar-refractivity contribution in [1.82, 2.24) is 0 Å². The molecule has 0 rings (SSSR count). The summed E-state index contributed by atoms with van der Waals surface area (Å²) in [6, 6.07) is 0. The fourth-order valence-electron chi connectivity index (χ4n) is 0. The van der Waals surface area contributed by atoms with Crippen LogP contribution in [-0.2, 0) is 9.13 Å². The predicted molar refractivity (Wildman–Crippen MR) is 36.5 cm³/mol. The van der Waals surface area contributed by atoms with E-state index in [1.807, 2.05) is 0 Å². The summed E-state index contributed by atoms with van der Waals surface area (Å²) in [6.07, 6.45) is 0. The maximum atomic E-state index is 8.70. The zero-order chi connectivity index (χ0) is 9.86. The number of aliphatic hydroxyl groups is 1. The molecule has 0 aromatic heterocycles. The molecular formula is C2H9Na2O7P2+3. The van der Waals surface area contributed by atoms with E-state index < -0.39 is 16.5 Å². The third-order valence-corrected chi connectivity index (χ3v) is 0. The van der Waals surface area contributed by atoms with E-state index in [2.05, 4.69) is 6.92 Å². The van der Waals surface area contributed by atoms with Gasteiger partial charge >= 0.3 is 75.6 Å². The minimum Gasteiger partial charge on any atom is -0.428 e. The molecule has 0 heterocycles. The molecule has 0 atom stereocenters. The monoisotopic (exact) mass is 253 g/mol. The smallest absolute Gasteiger partial charge is 0.428 e. The molecule has 0 aromatic carbocycles. The Morgan fingerprint density at radius 3 is 0.923 bits per heavy atom. The molecule has 0 aliphatic heterocycles. The van der Waals surface area contributed by atoms with Gasteiger partial charge in [0.15, 0.2) is 0 Å². The summed E-state index contributed by atoms with van der Waals surface area (Å²) in [5.74, 6) is 0. The molecule has 0 bridgehead atoms. The van der Waals surface area contributed by atoms with Crippen LogP contribution >= 0.6 is 16.5 Å². The fraction of sp³-hybridized carbons (Fsp3) is 0.500. The van der Waals surface area contributed by atoms with Gasteiger partial charge in [0.25, 0.3) is 0 Å². The first kappa shape index (κ1) is 29.4. The van der Waals surface area contributed by atoms with E-state index in [-0.39, 0.29) is 65.7 Å². The van der Waals surface area contributed by atoms with Crippen molar-refractivity contribution < 1.29 is 92.9 Å². The van der Waals surface area contributed by atoms with Crippen molar-refractivity contribution in [1.29, 1.82) is 0 Å². The number of hydrogen-bond acceptors (Lipinski definition) is 3. The van der Waals surface area contributed by atoms with Crippen molar-refractivity contribution in [3.63, 3.8) is 0 Å². The molecule has 0 radical (unpaired) electrons. The van der Waals surface area contributed by atoms with Crippen molar-refractivity contribution in [2.24, 2.45) is 0 Å². The van der Waals surface area contributed by atoms with Crippen molar-refractivity contribution in [3.05, 3.63) is 6.92 Å². The van der Waals surface area contributed by atoms with Gasteiger partial charge in [0.2, 0.25) is 0 Å². The van der Waals surface area contributed by atoms with Crippen LogP contribution in [0.3, 0.4) is 0 Å². The van der Waals surface area contributed by atoms with Gasteiger partial charge in [-0.1, -0.05) is 6.61 Å². The van der Waals surface area contributed by atoms with E-state index in [0.717, 1.165) is 0 Å². The quantitative estimate of drug-likeness (QED) is 0.164. The molecule has 0 amide bonds. The molecule has 0 unspecified atom stereocenters. The van der Waals surface area contributed by atoms with Gasteiger partial charge in [-0.2, -0.15) is 0 Å². The summed E-state index contributed by atoms with van der Waals surface area (Å²) < 4.78 is 17.4. The van der Waals surface area contributed by atoms with Gasteiger partial charge in [-0.25, -0.2) is 0 Å². The van der Waals surface area contributed by atoms with E-state index >= 15 is 0 Å². The van der Waals surface area contributed by atoms with Crippen molar-refractivity contribution in [2.45, 2.75) is 0 Å². The van der Waals surface area contributed by atoms with Gasteiger partial charge in [-0.15, -0.1) is 19.6 Å². The molecule has 11 heteroatoms. The van der Waals surface area contributed by atoms with Gasteiger partial charge < -0.3 is 12.0 Å². The van der Waals surface area contributed by atoms with Gasteiger partial charge in [0.1, 0.15) is 0 Å². The molecular weight excluding hydrogens is 244 g/mol. The normalized spacial score (nSPS) is 5.38. The number of aliphatic hydroxyl groups excluding tert-OH is 1. The summed E-state index contributed by atoms with van der Waals surface area (Å²) in [5, 5.41) is 7.46. The minimum atomic E-state index is -2.87. The molecule has 0 aliphatic rings. The van der Waals surface area contributed by atoms with Crippen LogP contribution in [0.2, 0.25) is 0 Å². The molecule has 13 heavy (non-hydrogen) atoms. The minimum absolute atomic E-state index is 0. The Balaban J connectivity index is -0.0000000231. The third-order valence-electron chi connectivity index (χ3n) is 0. The standard InChI is InChI=1S/C2H5O.2Na.2HO3P/c1-2-3;;;2*1-4(2)3/h3H,1-2H2;;;2*(H-,1,2,3)/q-1;2*+1;;/p+2. The number of rotatable bonds is 0. The largest absolute Gasteiger partial charge is 1.00 e. The second-order valence-corrected chi connectivity index (χ2v) is 1.74. The zero-order valence-corrected chi connectivity index (χ0v) is 13.2. The van der Waals surface area contributed by atoms with E-state index in [4.69, 9.17) is 33.8 Å². The molecule has 0 fully saturated rings. The maximum Gasteiger partial charge on any atom is 1.00 e. The van der Waals surface area contributed by atoms with Crippen LogP contribution in [0.5, 0.6) is 0 Å². The summed E-state index contributed by atoms with van der Waals surface area (Å²) >= 11 is 0. The summed E-state index contributed by atoms with van der Waals surface area (Å²) in [4.78, 5) is 28.5. The number of hydrogen-bond donors (Lipinski definition) is 5. The van der Waals surface area contributed by atoms with E-state index in [1.165, 1.54) is 0 Å². The Morgan fingerprint density at radius 1 is 0.923 bits per heavy atom. The third kappa shape index (κ3) is 504. The molecule has 5 N–H and O–H groups in total. The Morgan fingerprint density at radius 2 is 0.923 bits per heavy atom. The van der Waals surface area contributed by atoms with Gasteiger partial charge in [0, 0.05) is 9.13 Å². The summed E-state index contributed by atoms with van der Waals surface area (Å²) in [7, 11) is -5.74. The first-order chi connectivity index (χ1) is 4.88. The first-order valence-electron chi connectivity index (χ1n) is 1.98. The Hall–Kier alpha value is 2.00. The maximum absolute atomic E-state index is 8.70. The average molecular weight is 253 g/mol. The predicted octanol–water partition coefficient (Wildman–Crippen LogP) is -6.92. The topological polar surface area (TPSA) is 135 Å². The molecule has 0 saturated heterocycles. The van der Waals surface area contributed by atoms with E-state index in [0.29, 0.717) is 0 Å². The molecule has 0 spiro atoms. The Bertz CT molecular complexity index is 90.7. The fourth-order valence-corrected chi connectivity index (χ4v) is 0. The second kappa shape index (κ2) is 29.2. The SMILES string of the molecule is O=[P+](O)O.O=[P+](O)O.[CH2-]CO.[Na+].[Na+]. The van der Waals surface area contributed by atoms with Crippen molar-refractivity contribution in [3.8, 4) is 0 Å². The molecule has 0 aliphatic carbocycles. The van der Waals surface area contributed by atoms with E-state index in [9.17, 15) is 0 Å². The molecule has 0 saturated carbocycles. The molecule has 68 valence electrons. The Kier molecular flexibility index (Phi) is 66.1. The van der Waals surface area contributed by atoms with Gasteiger partial charge in [-0.05, 0) is 0 Å². The van der Waals surface area contributed by atoms with E-state index in [1.54, 1.807) is 0 Å². The second-order valence-electron chi connectivity index (χ2n) is 0.729. The Labute approximate surface area is 122 Å². The van der Waals surface area contributed by atoms with Crippen LogP contribution in [0, 0.1) is 6.92 Å². The van der Waals surface area contributed by atoms with Gasteiger partial charge in [-0.3, -0.25) is 0 Å². The van der Waals surface area contributed by atoms with Gasteiger partial charge in [0.05, 0.1) is 0 Å².